The van der Waals surface area contributed by atoms with Crippen LogP contribution in [-0.2, 0) is 0 Å². The molecule has 0 rings (SSSR count). The molecule has 0 atom stereocenters. The number of halogens is 4. The van der Waals surface area contributed by atoms with E-state index >= 15 is 0 Å². The Balaban J connectivity index is 4.70. The van der Waals surface area contributed by atoms with E-state index in [1.165, 1.54) is 28.7 Å². The number of allylic oxidation sites excluding steroid dienone is 2. The van der Waals surface area contributed by atoms with Gasteiger partial charge in [-0.25, -0.2) is 0 Å². The summed E-state index contributed by atoms with van der Waals surface area (Å²) in [4.78, 5) is 0. The van der Waals surface area contributed by atoms with Gasteiger partial charge in [0.05, 0.1) is 9.15 Å². The van der Waals surface area contributed by atoms with Gasteiger partial charge in [-0.15, -0.1) is 0 Å². The lowest BCUT2D eigenvalue weighted by atomic mass is 10.1. The van der Waals surface area contributed by atoms with E-state index in [2.05, 4.69) is 0 Å². The zero-order valence-electron chi connectivity index (χ0n) is 7.08. The quantitative estimate of drug-likeness (QED) is 0.572. The van der Waals surface area contributed by atoms with Crippen molar-refractivity contribution in [3.63, 3.8) is 0 Å². The van der Waals surface area contributed by atoms with Gasteiger partial charge in [-0.2, -0.15) is 18.4 Å². The fraction of sp³-hybridized carbons (Fsp3) is 0.625. The molecule has 0 aliphatic heterocycles. The van der Waals surface area contributed by atoms with Gasteiger partial charge in [0.2, 0.25) is 0 Å². The van der Waals surface area contributed by atoms with E-state index < -0.39 is 11.7 Å². The van der Waals surface area contributed by atoms with Crippen LogP contribution in [0.2, 0.25) is 0 Å². The number of nitrogens with zero attached hydrogens (tertiary/aromatic N) is 1. The van der Waals surface area contributed by atoms with Crippen LogP contribution in [0.1, 0.15) is 26.2 Å². The van der Waals surface area contributed by atoms with Crippen LogP contribution in [0.3, 0.4) is 0 Å². The van der Waals surface area contributed by atoms with Crippen molar-refractivity contribution in [2.75, 3.05) is 0 Å². The van der Waals surface area contributed by atoms with Crippen molar-refractivity contribution in [2.24, 2.45) is 0 Å². The first-order valence-corrected chi connectivity index (χ1v) is 4.87. The molecule has 0 unspecified atom stereocenters. The van der Waals surface area contributed by atoms with E-state index in [0.717, 1.165) is 0 Å². The molecule has 0 aromatic carbocycles. The summed E-state index contributed by atoms with van der Waals surface area (Å²) in [6.45, 7) is 1.81. The molecule has 5 heteroatoms. The Hall–Kier alpha value is -0.250. The number of hydrogen-bond acceptors (Lipinski definition) is 1. The summed E-state index contributed by atoms with van der Waals surface area (Å²) in [6.07, 6.45) is -3.27. The van der Waals surface area contributed by atoms with Gasteiger partial charge < -0.3 is 0 Å². The van der Waals surface area contributed by atoms with Crippen molar-refractivity contribution in [1.29, 1.82) is 5.26 Å². The SMILES string of the molecule is CCCC/C(=C(/I)C#N)C(F)(F)F. The Morgan fingerprint density at radius 2 is 2.00 bits per heavy atom. The molecule has 0 amide bonds. The second-order valence-corrected chi connectivity index (χ2v) is 3.58. The van der Waals surface area contributed by atoms with Gasteiger partial charge in [-0.3, -0.25) is 0 Å². The van der Waals surface area contributed by atoms with Gasteiger partial charge in [0.15, 0.2) is 0 Å². The average molecular weight is 303 g/mol. The Morgan fingerprint density at radius 3 is 2.31 bits per heavy atom. The van der Waals surface area contributed by atoms with Gasteiger partial charge >= 0.3 is 6.18 Å². The van der Waals surface area contributed by atoms with Crippen LogP contribution in [0.5, 0.6) is 0 Å². The maximum Gasteiger partial charge on any atom is 0.414 e. The largest absolute Gasteiger partial charge is 0.414 e. The summed E-state index contributed by atoms with van der Waals surface area (Å²) in [6, 6.07) is 1.53. The highest BCUT2D eigenvalue weighted by Crippen LogP contribution is 2.33. The smallest absolute Gasteiger partial charge is 0.192 e. The normalized spacial score (nSPS) is 13.5. The highest BCUT2D eigenvalue weighted by Gasteiger charge is 2.35. The molecule has 13 heavy (non-hydrogen) atoms. The van der Waals surface area contributed by atoms with Gasteiger partial charge in [-0.1, -0.05) is 13.3 Å². The van der Waals surface area contributed by atoms with Crippen LogP contribution in [-0.4, -0.2) is 6.18 Å². The highest BCUT2D eigenvalue weighted by molar-refractivity contribution is 14.1. The number of unbranched alkanes of at least 4 members (excludes halogenated alkanes) is 1. The maximum absolute atomic E-state index is 12.3. The van der Waals surface area contributed by atoms with Gasteiger partial charge in [0, 0.05) is 0 Å². The van der Waals surface area contributed by atoms with E-state index in [9.17, 15) is 13.2 Å². The van der Waals surface area contributed by atoms with Crippen molar-refractivity contribution in [2.45, 2.75) is 32.4 Å². The van der Waals surface area contributed by atoms with Gasteiger partial charge in [0.25, 0.3) is 0 Å². The molecule has 74 valence electrons. The van der Waals surface area contributed by atoms with Crippen LogP contribution in [0.25, 0.3) is 0 Å². The van der Waals surface area contributed by atoms with Crippen LogP contribution >= 0.6 is 22.6 Å². The molecule has 0 radical (unpaired) electrons. The molecule has 0 saturated heterocycles. The maximum atomic E-state index is 12.3. The fourth-order valence-electron chi connectivity index (χ4n) is 0.797. The first-order chi connectivity index (χ1) is 5.93. The monoisotopic (exact) mass is 303 g/mol. The molecule has 0 N–H and O–H groups in total. The highest BCUT2D eigenvalue weighted by atomic mass is 127. The minimum absolute atomic E-state index is 0.0637. The van der Waals surface area contributed by atoms with Crippen molar-refractivity contribution >= 4 is 22.6 Å². The number of nitriles is 1. The second-order valence-electron chi connectivity index (χ2n) is 2.51. The minimum Gasteiger partial charge on any atom is -0.192 e. The third-order valence-corrected chi connectivity index (χ3v) is 2.38. The van der Waals surface area contributed by atoms with E-state index in [1.807, 2.05) is 6.92 Å². The molecule has 1 nitrogen and oxygen atoms in total. The lowest BCUT2D eigenvalue weighted by Gasteiger charge is -2.10. The summed E-state index contributed by atoms with van der Waals surface area (Å²) in [5.41, 5.74) is -0.697. The van der Waals surface area contributed by atoms with Crippen molar-refractivity contribution in [3.05, 3.63) is 9.15 Å². The summed E-state index contributed by atoms with van der Waals surface area (Å²) in [5, 5.41) is 8.35. The summed E-state index contributed by atoms with van der Waals surface area (Å²) in [7, 11) is 0. The van der Waals surface area contributed by atoms with Crippen LogP contribution in [0.15, 0.2) is 9.15 Å². The predicted octanol–water partition coefficient (Wildman–Crippen LogP) is 3.95. The Labute approximate surface area is 88.8 Å². The number of hydrogen-bond donors (Lipinski definition) is 0. The molecule has 0 aliphatic rings. The Kier molecular flexibility index (Phi) is 5.37. The van der Waals surface area contributed by atoms with Crippen molar-refractivity contribution < 1.29 is 13.2 Å². The summed E-state index contributed by atoms with van der Waals surface area (Å²) in [5.74, 6) is 0. The first-order valence-electron chi connectivity index (χ1n) is 3.79. The number of rotatable bonds is 3. The van der Waals surface area contributed by atoms with Crippen molar-refractivity contribution in [3.8, 4) is 6.07 Å². The molecule has 0 aliphatic carbocycles. The molecule has 0 aromatic heterocycles. The number of alkyl halides is 3. The predicted molar refractivity (Wildman–Crippen MR) is 52.2 cm³/mol. The van der Waals surface area contributed by atoms with E-state index in [-0.39, 0.29) is 10.0 Å². The zero-order chi connectivity index (χ0) is 10.5. The lowest BCUT2D eigenvalue weighted by Crippen LogP contribution is -2.13. The third-order valence-electron chi connectivity index (χ3n) is 1.49. The fourth-order valence-corrected chi connectivity index (χ4v) is 1.37. The van der Waals surface area contributed by atoms with E-state index in [0.29, 0.717) is 12.8 Å². The summed E-state index contributed by atoms with van der Waals surface area (Å²) >= 11 is 1.43. The first kappa shape index (κ1) is 12.8. The van der Waals surface area contributed by atoms with Crippen LogP contribution in [0.4, 0.5) is 13.2 Å². The van der Waals surface area contributed by atoms with Gasteiger partial charge in [-0.05, 0) is 35.4 Å². The van der Waals surface area contributed by atoms with Crippen LogP contribution < -0.4 is 0 Å². The molecule has 0 aromatic rings. The molecule has 0 fully saturated rings. The van der Waals surface area contributed by atoms with Crippen molar-refractivity contribution in [1.82, 2.24) is 0 Å². The molecule has 0 heterocycles. The van der Waals surface area contributed by atoms with Crippen LogP contribution in [0, 0.1) is 11.3 Å². The molecular formula is C8H9F3IN. The minimum atomic E-state index is -4.36. The molecule has 0 saturated carbocycles. The van der Waals surface area contributed by atoms with Gasteiger partial charge in [0.1, 0.15) is 6.07 Å². The standard InChI is InChI=1S/C8H9F3IN/c1-2-3-4-6(7(12)5-13)8(9,10)11/h2-4H2,1H3/b7-6-. The third kappa shape index (κ3) is 4.50. The molecule has 0 spiro atoms. The van der Waals surface area contributed by atoms with E-state index in [4.69, 9.17) is 5.26 Å². The lowest BCUT2D eigenvalue weighted by molar-refractivity contribution is -0.0941. The summed E-state index contributed by atoms with van der Waals surface area (Å²) < 4.78 is 36.5. The average Bonchev–Trinajstić information content (AvgIpc) is 2.02. The second kappa shape index (κ2) is 5.47. The topological polar surface area (TPSA) is 23.8 Å². The molecule has 0 bridgehead atoms. The molecular weight excluding hydrogens is 294 g/mol. The Morgan fingerprint density at radius 1 is 1.46 bits per heavy atom. The van der Waals surface area contributed by atoms with E-state index in [1.54, 1.807) is 0 Å². The Bertz CT molecular complexity index is 237. The zero-order valence-corrected chi connectivity index (χ0v) is 9.24.